The standard InChI is InChI=1S/C29H43N3O5/c1-6-8-14-30-26(35)24-29-15-19(4)28(5,37-29)22(25(34)31-16-20-12-10-9-11-13-20)23(29)27(36)32(24)21(17-33)18(3)7-2/h9-13,18-19,21-24,33H,6-8,14-17H2,1-5H3,(H,30,35)(H,31,34)/t18-,19?,21-,22+,23-,24?,28-,29?/m0/s1. The molecule has 3 saturated heterocycles. The number of nitrogens with zero attached hydrogens (tertiary/aromatic N) is 1. The number of benzene rings is 1. The number of hydrogen-bond donors (Lipinski definition) is 3. The molecule has 3 fully saturated rings. The van der Waals surface area contributed by atoms with E-state index in [4.69, 9.17) is 4.74 Å². The van der Waals surface area contributed by atoms with Crippen molar-refractivity contribution >= 4 is 17.7 Å². The van der Waals surface area contributed by atoms with E-state index in [1.165, 1.54) is 0 Å². The lowest BCUT2D eigenvalue weighted by Gasteiger charge is -2.39. The lowest BCUT2D eigenvalue weighted by atomic mass is 9.62. The van der Waals surface area contributed by atoms with Crippen LogP contribution in [0.3, 0.4) is 0 Å². The number of unbranched alkanes of at least 4 members (excludes halogenated alkanes) is 1. The van der Waals surface area contributed by atoms with Gasteiger partial charge in [0.15, 0.2) is 0 Å². The first kappa shape index (κ1) is 27.6. The highest BCUT2D eigenvalue weighted by Crippen LogP contribution is 2.65. The summed E-state index contributed by atoms with van der Waals surface area (Å²) in [6.07, 6.45) is 3.02. The molecule has 37 heavy (non-hydrogen) atoms. The zero-order valence-corrected chi connectivity index (χ0v) is 22.8. The number of carbonyl (C=O) groups is 3. The van der Waals surface area contributed by atoms with Crippen molar-refractivity contribution < 1.29 is 24.2 Å². The summed E-state index contributed by atoms with van der Waals surface area (Å²) < 4.78 is 6.75. The second-order valence-electron chi connectivity index (χ2n) is 11.4. The van der Waals surface area contributed by atoms with Crippen LogP contribution in [0, 0.1) is 23.7 Å². The number of carbonyl (C=O) groups excluding carboxylic acids is 3. The van der Waals surface area contributed by atoms with Gasteiger partial charge in [-0.25, -0.2) is 0 Å². The predicted molar refractivity (Wildman–Crippen MR) is 140 cm³/mol. The molecule has 1 aromatic carbocycles. The van der Waals surface area contributed by atoms with Gasteiger partial charge >= 0.3 is 0 Å². The van der Waals surface area contributed by atoms with E-state index in [1.54, 1.807) is 4.90 Å². The fourth-order valence-corrected chi connectivity index (χ4v) is 6.93. The number of likely N-dealkylation sites (tertiary alicyclic amines) is 1. The van der Waals surface area contributed by atoms with E-state index in [0.717, 1.165) is 24.8 Å². The molecule has 3 aliphatic rings. The first-order valence-corrected chi connectivity index (χ1v) is 13.9. The summed E-state index contributed by atoms with van der Waals surface area (Å²) in [5, 5.41) is 16.5. The second kappa shape index (κ2) is 10.7. The average molecular weight is 514 g/mol. The molecule has 8 nitrogen and oxygen atoms in total. The van der Waals surface area contributed by atoms with Gasteiger partial charge in [-0.05, 0) is 37.2 Å². The summed E-state index contributed by atoms with van der Waals surface area (Å²) in [4.78, 5) is 43.3. The van der Waals surface area contributed by atoms with Crippen LogP contribution < -0.4 is 10.6 Å². The summed E-state index contributed by atoms with van der Waals surface area (Å²) in [5.41, 5.74) is -0.991. The Morgan fingerprint density at radius 2 is 1.89 bits per heavy atom. The van der Waals surface area contributed by atoms with Crippen molar-refractivity contribution in [2.45, 2.75) is 90.1 Å². The molecule has 3 N–H and O–H groups in total. The van der Waals surface area contributed by atoms with Gasteiger partial charge in [-0.1, -0.05) is 70.9 Å². The maximum absolute atomic E-state index is 14.2. The first-order valence-electron chi connectivity index (χ1n) is 13.9. The van der Waals surface area contributed by atoms with Gasteiger partial charge in [0.2, 0.25) is 17.7 Å². The Kier molecular flexibility index (Phi) is 8.00. The minimum Gasteiger partial charge on any atom is -0.394 e. The number of fused-ring (bicyclic) bond motifs is 1. The van der Waals surface area contributed by atoms with E-state index in [2.05, 4.69) is 17.6 Å². The molecule has 3 unspecified atom stereocenters. The fourth-order valence-electron chi connectivity index (χ4n) is 6.93. The summed E-state index contributed by atoms with van der Waals surface area (Å²) in [6.45, 7) is 10.6. The Labute approximate surface area is 220 Å². The summed E-state index contributed by atoms with van der Waals surface area (Å²) in [7, 11) is 0. The molecular weight excluding hydrogens is 470 g/mol. The number of rotatable bonds is 11. The molecular formula is C29H43N3O5. The predicted octanol–water partition coefficient (Wildman–Crippen LogP) is 2.64. The number of nitrogens with one attached hydrogen (secondary N) is 2. The molecule has 8 atom stereocenters. The monoisotopic (exact) mass is 513 g/mol. The molecule has 0 saturated carbocycles. The van der Waals surface area contributed by atoms with Crippen molar-refractivity contribution in [3.63, 3.8) is 0 Å². The van der Waals surface area contributed by atoms with Crippen molar-refractivity contribution in [1.82, 2.24) is 15.5 Å². The molecule has 1 spiro atoms. The van der Waals surface area contributed by atoms with Gasteiger partial charge < -0.3 is 25.4 Å². The van der Waals surface area contributed by atoms with E-state index in [1.807, 2.05) is 58.0 Å². The van der Waals surface area contributed by atoms with Crippen LogP contribution in [0.1, 0.15) is 65.9 Å². The van der Waals surface area contributed by atoms with Crippen molar-refractivity contribution in [2.75, 3.05) is 13.2 Å². The number of hydrogen-bond acceptors (Lipinski definition) is 5. The summed E-state index contributed by atoms with van der Waals surface area (Å²) >= 11 is 0. The summed E-state index contributed by atoms with van der Waals surface area (Å²) in [5.74, 6) is -2.28. The van der Waals surface area contributed by atoms with E-state index < -0.39 is 35.1 Å². The summed E-state index contributed by atoms with van der Waals surface area (Å²) in [6, 6.07) is 8.24. The van der Waals surface area contributed by atoms with E-state index in [9.17, 15) is 19.5 Å². The van der Waals surface area contributed by atoms with Crippen LogP contribution in [0.25, 0.3) is 0 Å². The highest BCUT2D eigenvalue weighted by atomic mass is 16.5. The van der Waals surface area contributed by atoms with Crippen LogP contribution in [0.2, 0.25) is 0 Å². The Morgan fingerprint density at radius 3 is 2.51 bits per heavy atom. The number of aliphatic hydroxyl groups excluding tert-OH is 1. The Bertz CT molecular complexity index is 1000. The van der Waals surface area contributed by atoms with Crippen LogP contribution >= 0.6 is 0 Å². The molecule has 2 bridgehead atoms. The lowest BCUT2D eigenvalue weighted by Crippen LogP contribution is -2.59. The van der Waals surface area contributed by atoms with Gasteiger partial charge in [0.05, 0.1) is 30.1 Å². The van der Waals surface area contributed by atoms with Gasteiger partial charge in [0.25, 0.3) is 0 Å². The zero-order valence-electron chi connectivity index (χ0n) is 22.8. The van der Waals surface area contributed by atoms with Crippen molar-refractivity contribution in [2.24, 2.45) is 23.7 Å². The highest BCUT2D eigenvalue weighted by molar-refractivity contribution is 5.99. The minimum atomic E-state index is -1.10. The van der Waals surface area contributed by atoms with E-state index in [0.29, 0.717) is 19.5 Å². The quantitative estimate of drug-likeness (QED) is 0.394. The third kappa shape index (κ3) is 4.46. The van der Waals surface area contributed by atoms with Crippen molar-refractivity contribution in [1.29, 1.82) is 0 Å². The topological polar surface area (TPSA) is 108 Å². The van der Waals surface area contributed by atoms with Gasteiger partial charge in [0.1, 0.15) is 11.6 Å². The minimum absolute atomic E-state index is 0.0221. The van der Waals surface area contributed by atoms with Crippen molar-refractivity contribution in [3.8, 4) is 0 Å². The third-order valence-electron chi connectivity index (χ3n) is 9.27. The smallest absolute Gasteiger partial charge is 0.245 e. The molecule has 3 amide bonds. The molecule has 4 rings (SSSR count). The molecule has 1 aromatic rings. The Balaban J connectivity index is 1.72. The molecule has 0 aromatic heterocycles. The van der Waals surface area contributed by atoms with E-state index >= 15 is 0 Å². The van der Waals surface area contributed by atoms with Crippen LogP contribution in [0.15, 0.2) is 30.3 Å². The SMILES string of the molecule is CCCCNC(=O)C1N([C@@H](CO)[C@@H](C)CC)C(=O)[C@@H]2[C@H](C(=O)NCc3ccccc3)[C@@]3(C)OC12CC3C. The Hall–Kier alpha value is -2.45. The zero-order chi connectivity index (χ0) is 27.0. The maximum Gasteiger partial charge on any atom is 0.245 e. The lowest BCUT2D eigenvalue weighted by molar-refractivity contribution is -0.152. The van der Waals surface area contributed by atoms with Crippen LogP contribution in [0.4, 0.5) is 0 Å². The van der Waals surface area contributed by atoms with Gasteiger partial charge in [-0.3, -0.25) is 14.4 Å². The average Bonchev–Trinajstić information content (AvgIpc) is 3.40. The van der Waals surface area contributed by atoms with Crippen LogP contribution in [-0.2, 0) is 25.7 Å². The second-order valence-corrected chi connectivity index (χ2v) is 11.4. The number of aliphatic hydroxyl groups is 1. The maximum atomic E-state index is 14.2. The largest absolute Gasteiger partial charge is 0.394 e. The molecule has 3 aliphatic heterocycles. The third-order valence-corrected chi connectivity index (χ3v) is 9.27. The molecule has 0 radical (unpaired) electrons. The van der Waals surface area contributed by atoms with E-state index in [-0.39, 0.29) is 36.2 Å². The first-order chi connectivity index (χ1) is 17.7. The Morgan fingerprint density at radius 1 is 1.19 bits per heavy atom. The molecule has 0 aliphatic carbocycles. The van der Waals surface area contributed by atoms with Gasteiger partial charge in [0, 0.05) is 13.1 Å². The normalized spacial score (nSPS) is 33.8. The number of ether oxygens (including phenoxy) is 1. The van der Waals surface area contributed by atoms with Crippen LogP contribution in [-0.4, -0.2) is 64.2 Å². The van der Waals surface area contributed by atoms with Gasteiger partial charge in [-0.15, -0.1) is 0 Å². The molecule has 3 heterocycles. The van der Waals surface area contributed by atoms with Crippen molar-refractivity contribution in [3.05, 3.63) is 35.9 Å². The van der Waals surface area contributed by atoms with Crippen LogP contribution in [0.5, 0.6) is 0 Å². The van der Waals surface area contributed by atoms with Gasteiger partial charge in [-0.2, -0.15) is 0 Å². The molecule has 8 heteroatoms. The molecule has 204 valence electrons. The number of amides is 3. The highest BCUT2D eigenvalue weighted by Gasteiger charge is 2.80. The fraction of sp³-hybridized carbons (Fsp3) is 0.690.